The van der Waals surface area contributed by atoms with Gasteiger partial charge in [0.1, 0.15) is 5.94 Å². The highest BCUT2D eigenvalue weighted by Crippen LogP contribution is 2.62. The minimum absolute atomic E-state index is 0.239. The Balaban J connectivity index is 2.94. The molecular formula is C12H18O5. The minimum atomic E-state index is -0.758. The second-order valence-electron chi connectivity index (χ2n) is 4.66. The van der Waals surface area contributed by atoms with Gasteiger partial charge in [0.15, 0.2) is 6.29 Å². The topological polar surface area (TPSA) is 61.8 Å². The first-order valence-corrected chi connectivity index (χ1v) is 5.34. The first-order chi connectivity index (χ1) is 7.95. The summed E-state index contributed by atoms with van der Waals surface area (Å²) in [6.45, 7) is 3.80. The summed E-state index contributed by atoms with van der Waals surface area (Å²) in [5, 5.41) is 0. The summed E-state index contributed by atoms with van der Waals surface area (Å²) in [4.78, 5) is 22.6. The molecule has 0 aromatic carbocycles. The van der Waals surface area contributed by atoms with Crippen molar-refractivity contribution in [2.45, 2.75) is 20.1 Å². The summed E-state index contributed by atoms with van der Waals surface area (Å²) in [5.41, 5.74) is 0.00481. The molecule has 2 atom stereocenters. The Labute approximate surface area is 101 Å². The molecule has 0 aromatic rings. The Morgan fingerprint density at radius 1 is 1.18 bits per heavy atom. The molecule has 1 fully saturated rings. The molecule has 0 bridgehead atoms. The zero-order valence-electron chi connectivity index (χ0n) is 10.8. The van der Waals surface area contributed by atoms with Crippen LogP contribution in [-0.2, 0) is 23.8 Å². The molecule has 96 valence electrons. The van der Waals surface area contributed by atoms with Crippen LogP contribution in [0.25, 0.3) is 0 Å². The fourth-order valence-electron chi connectivity index (χ4n) is 2.39. The molecule has 0 amide bonds. The predicted octanol–water partition coefficient (Wildman–Crippen LogP) is 0.808. The first kappa shape index (κ1) is 13.9. The van der Waals surface area contributed by atoms with E-state index in [1.165, 1.54) is 21.3 Å². The molecule has 1 aliphatic carbocycles. The van der Waals surface area contributed by atoms with E-state index in [9.17, 15) is 9.59 Å². The van der Waals surface area contributed by atoms with Crippen LogP contribution in [-0.4, -0.2) is 39.5 Å². The summed E-state index contributed by atoms with van der Waals surface area (Å²) in [6.07, 6.45) is -0.758. The van der Waals surface area contributed by atoms with Crippen LogP contribution in [0.4, 0.5) is 0 Å². The largest absolute Gasteiger partial charge is 0.469 e. The van der Waals surface area contributed by atoms with Gasteiger partial charge in [0.25, 0.3) is 0 Å². The Morgan fingerprint density at radius 3 is 2.06 bits per heavy atom. The first-order valence-electron chi connectivity index (χ1n) is 5.34. The standard InChI is InChI=1S/C12H18O5/c1-12(2)8(9(12)10(14)15-3)7(6-13)11(16-4)17-5/h8-9,11H,1-5H3/t8-,9-/m1/s1. The molecule has 1 aliphatic rings. The predicted molar refractivity (Wildman–Crippen MR) is 59.8 cm³/mol. The molecule has 0 aliphatic heterocycles. The highest BCUT2D eigenvalue weighted by molar-refractivity contribution is 5.80. The van der Waals surface area contributed by atoms with Crippen LogP contribution in [0.5, 0.6) is 0 Å². The van der Waals surface area contributed by atoms with E-state index in [2.05, 4.69) is 0 Å². The Morgan fingerprint density at radius 2 is 1.71 bits per heavy atom. The minimum Gasteiger partial charge on any atom is -0.469 e. The fraction of sp³-hybridized carbons (Fsp3) is 0.750. The Kier molecular flexibility index (Phi) is 4.09. The summed E-state index contributed by atoms with van der Waals surface area (Å²) in [5.74, 6) is 0.944. The van der Waals surface area contributed by atoms with Gasteiger partial charge in [-0.05, 0) is 5.41 Å². The van der Waals surface area contributed by atoms with Crippen molar-refractivity contribution < 1.29 is 23.8 Å². The summed E-state index contributed by atoms with van der Waals surface area (Å²) in [7, 11) is 4.21. The smallest absolute Gasteiger partial charge is 0.309 e. The third kappa shape index (κ3) is 2.27. The second kappa shape index (κ2) is 5.00. The lowest BCUT2D eigenvalue weighted by Crippen LogP contribution is -2.20. The van der Waals surface area contributed by atoms with Crippen molar-refractivity contribution >= 4 is 11.9 Å². The average Bonchev–Trinajstić information content (AvgIpc) is 2.87. The van der Waals surface area contributed by atoms with E-state index in [0.29, 0.717) is 5.57 Å². The fourth-order valence-corrected chi connectivity index (χ4v) is 2.39. The molecule has 5 heteroatoms. The molecule has 17 heavy (non-hydrogen) atoms. The lowest BCUT2D eigenvalue weighted by atomic mass is 10.0. The van der Waals surface area contributed by atoms with Gasteiger partial charge in [0.05, 0.1) is 18.6 Å². The van der Waals surface area contributed by atoms with Crippen molar-refractivity contribution in [3.05, 3.63) is 5.57 Å². The number of ether oxygens (including phenoxy) is 3. The third-order valence-corrected chi connectivity index (χ3v) is 3.42. The van der Waals surface area contributed by atoms with Crippen LogP contribution < -0.4 is 0 Å². The number of rotatable bonds is 5. The summed E-state index contributed by atoms with van der Waals surface area (Å²) in [6, 6.07) is 0. The maximum Gasteiger partial charge on any atom is 0.309 e. The lowest BCUT2D eigenvalue weighted by Gasteiger charge is -2.15. The van der Waals surface area contributed by atoms with Crippen molar-refractivity contribution in [1.82, 2.24) is 0 Å². The SMILES string of the molecule is COC(=O)[C@H]1[C@@H](C(=C=O)C(OC)OC)C1(C)C. The molecule has 0 heterocycles. The Hall–Kier alpha value is -1.16. The van der Waals surface area contributed by atoms with E-state index >= 15 is 0 Å². The molecule has 5 nitrogen and oxygen atoms in total. The molecule has 1 rings (SSSR count). The van der Waals surface area contributed by atoms with Crippen molar-refractivity contribution in [3.8, 4) is 0 Å². The molecule has 0 radical (unpaired) electrons. The van der Waals surface area contributed by atoms with Crippen LogP contribution >= 0.6 is 0 Å². The quantitative estimate of drug-likeness (QED) is 0.405. The molecule has 0 unspecified atom stereocenters. The average molecular weight is 242 g/mol. The van der Waals surface area contributed by atoms with Gasteiger partial charge in [-0.15, -0.1) is 0 Å². The Bertz CT molecular complexity index is 350. The molecule has 0 N–H and O–H groups in total. The van der Waals surface area contributed by atoms with Gasteiger partial charge < -0.3 is 14.2 Å². The van der Waals surface area contributed by atoms with Crippen LogP contribution in [0.2, 0.25) is 0 Å². The van der Waals surface area contributed by atoms with Crippen molar-refractivity contribution in [3.63, 3.8) is 0 Å². The van der Waals surface area contributed by atoms with Gasteiger partial charge in [-0.25, -0.2) is 4.79 Å². The maximum atomic E-state index is 11.6. The summed E-state index contributed by atoms with van der Waals surface area (Å²) >= 11 is 0. The van der Waals surface area contributed by atoms with Crippen molar-refractivity contribution in [1.29, 1.82) is 0 Å². The highest BCUT2D eigenvalue weighted by atomic mass is 16.7. The van der Waals surface area contributed by atoms with Gasteiger partial charge >= 0.3 is 5.97 Å². The van der Waals surface area contributed by atoms with Crippen LogP contribution in [0.3, 0.4) is 0 Å². The van der Waals surface area contributed by atoms with E-state index < -0.39 is 6.29 Å². The van der Waals surface area contributed by atoms with Crippen molar-refractivity contribution in [2.24, 2.45) is 17.3 Å². The number of esters is 1. The number of carbonyl (C=O) groups is 1. The van der Waals surface area contributed by atoms with E-state index in [0.717, 1.165) is 0 Å². The van der Waals surface area contributed by atoms with Crippen LogP contribution in [0.1, 0.15) is 13.8 Å². The van der Waals surface area contributed by atoms with Crippen LogP contribution in [0.15, 0.2) is 5.57 Å². The van der Waals surface area contributed by atoms with Gasteiger partial charge in [0.2, 0.25) is 0 Å². The van der Waals surface area contributed by atoms with Gasteiger partial charge in [0, 0.05) is 20.1 Å². The van der Waals surface area contributed by atoms with E-state index in [1.807, 2.05) is 19.8 Å². The van der Waals surface area contributed by atoms with Crippen molar-refractivity contribution in [2.75, 3.05) is 21.3 Å². The van der Waals surface area contributed by atoms with E-state index in [-0.39, 0.29) is 23.2 Å². The number of carbonyl (C=O) groups excluding carboxylic acids is 2. The normalized spacial score (nSPS) is 25.3. The number of hydrogen-bond donors (Lipinski definition) is 0. The molecular weight excluding hydrogens is 224 g/mol. The number of hydrogen-bond acceptors (Lipinski definition) is 5. The van der Waals surface area contributed by atoms with E-state index in [1.54, 1.807) is 0 Å². The zero-order chi connectivity index (χ0) is 13.2. The van der Waals surface area contributed by atoms with Crippen LogP contribution in [0, 0.1) is 17.3 Å². The van der Waals surface area contributed by atoms with Gasteiger partial charge in [-0.2, -0.15) is 0 Å². The number of methoxy groups -OCH3 is 3. The third-order valence-electron chi connectivity index (χ3n) is 3.42. The molecule has 0 spiro atoms. The lowest BCUT2D eigenvalue weighted by molar-refractivity contribution is -0.143. The van der Waals surface area contributed by atoms with Gasteiger partial charge in [-0.3, -0.25) is 4.79 Å². The second-order valence-corrected chi connectivity index (χ2v) is 4.66. The highest BCUT2D eigenvalue weighted by Gasteiger charge is 2.65. The molecule has 1 saturated carbocycles. The molecule has 0 saturated heterocycles. The van der Waals surface area contributed by atoms with Gasteiger partial charge in [-0.1, -0.05) is 13.8 Å². The maximum absolute atomic E-state index is 11.6. The monoisotopic (exact) mass is 242 g/mol. The van der Waals surface area contributed by atoms with E-state index in [4.69, 9.17) is 14.2 Å². The zero-order valence-corrected chi connectivity index (χ0v) is 10.8. The summed E-state index contributed by atoms with van der Waals surface area (Å²) < 4.78 is 14.8. The molecule has 0 aromatic heterocycles.